The quantitative estimate of drug-likeness (QED) is 0.00752. The first-order valence-corrected chi connectivity index (χ1v) is 55.7. The number of fused-ring (bicyclic) bond motifs is 9. The molecule has 24 rings (SSSR count). The number of thiocarbonyl (C=S) groups is 2. The van der Waals surface area contributed by atoms with Crippen LogP contribution in [0.5, 0.6) is 0 Å². The molecule has 150 heavy (non-hydrogen) atoms. The van der Waals surface area contributed by atoms with Crippen molar-refractivity contribution in [2.45, 2.75) is 165 Å². The van der Waals surface area contributed by atoms with E-state index in [9.17, 15) is 47.8 Å². The molecule has 9 aromatic carbocycles. The van der Waals surface area contributed by atoms with Gasteiger partial charge in [0, 0.05) is 147 Å². The average Bonchev–Trinajstić information content (AvgIpc) is 1.61. The Morgan fingerprint density at radius 1 is 0.473 bits per heavy atom. The predicted octanol–water partition coefficient (Wildman–Crippen LogP) is 21.6. The summed E-state index contributed by atoms with van der Waals surface area (Å²) in [6.45, 7) is 11.3. The zero-order chi connectivity index (χ0) is 106. The highest BCUT2D eigenvalue weighted by Crippen LogP contribution is 2.56. The molecule has 7 atom stereocenters. The molecule has 10 aromatic rings. The highest BCUT2D eigenvalue weighted by molar-refractivity contribution is 8.27. The number of nitrogens with zero attached hydrogens (tertiary/aromatic N) is 10. The summed E-state index contributed by atoms with van der Waals surface area (Å²) in [5, 5.41) is 74.1. The molecule has 8 N–H and O–H groups in total. The van der Waals surface area contributed by atoms with E-state index >= 15 is 0 Å². The van der Waals surface area contributed by atoms with Gasteiger partial charge in [-0.15, -0.1) is 16.0 Å². The van der Waals surface area contributed by atoms with Gasteiger partial charge < -0.3 is 69.8 Å². The van der Waals surface area contributed by atoms with Gasteiger partial charge in [-0.3, -0.25) is 33.5 Å². The second-order valence-electron chi connectivity index (χ2n) is 39.7. The molecular weight excluding hydrogens is 2010 g/mol. The Hall–Kier alpha value is -13.8. The van der Waals surface area contributed by atoms with Crippen LogP contribution in [0.2, 0.25) is 0 Å². The SMILES string of the molecule is CC1c2cc(P(=O)(O)OO)ccc2N(c2cccs2)C1C.CN1CCc2cc(C(=O)O)ccc21.CN1CCc2cc(C=CC(=O)O)ccc21.N#C/C(=C\c1ccc2c(c1)C1CCCC1N2c1ccccc1)C(=O)O.O=C(O)CN1C(=O)/C(=C/c2cc3c4c(c2)C2CCCCC2N4CCC3)SC1=S.O=C(O)CN1C(=O)/C(=C/c2cc3c4c(c2)CCCN4CCC3)SC1=S.O=C(O)c1ccc(C=Cc2cc3c4c(c2)CCN4CCC3)cc1. The summed E-state index contributed by atoms with van der Waals surface area (Å²) in [6.07, 6.45) is 33.1. The summed E-state index contributed by atoms with van der Waals surface area (Å²) in [5.74, 6) is -5.27. The molecule has 0 spiro atoms. The molecule has 7 unspecified atom stereocenters. The number of likely N-dealkylation sites (N-methyl/N-ethyl adjacent to an activating group) is 2. The fourth-order valence-corrected chi connectivity index (χ4v) is 27.3. The van der Waals surface area contributed by atoms with Crippen LogP contribution in [-0.2, 0) is 83.0 Å². The molecule has 34 heteroatoms. The number of carboxylic acid groups (broad SMARTS) is 6. The molecule has 0 radical (unpaired) electrons. The maximum Gasteiger partial charge on any atom is 0.385 e. The smallest absolute Gasteiger partial charge is 0.385 e. The van der Waals surface area contributed by atoms with E-state index in [1.54, 1.807) is 53.8 Å². The van der Waals surface area contributed by atoms with Crippen molar-refractivity contribution in [1.29, 1.82) is 5.26 Å². The van der Waals surface area contributed by atoms with Crippen molar-refractivity contribution in [3.05, 3.63) is 303 Å². The molecule has 0 bridgehead atoms. The van der Waals surface area contributed by atoms with E-state index in [2.05, 4.69) is 157 Å². The van der Waals surface area contributed by atoms with Gasteiger partial charge in [0.2, 0.25) is 0 Å². The largest absolute Gasteiger partial charge is 0.480 e. The Morgan fingerprint density at radius 2 is 0.967 bits per heavy atom. The number of nitriles is 1. The van der Waals surface area contributed by atoms with Crippen LogP contribution in [0.1, 0.15) is 212 Å². The van der Waals surface area contributed by atoms with Crippen LogP contribution >= 0.6 is 66.9 Å². The minimum Gasteiger partial charge on any atom is -0.480 e. The Bertz CT molecular complexity index is 7240. The number of aryl methyl sites for hydroxylation is 4. The third-order valence-corrected chi connectivity index (χ3v) is 35.1. The van der Waals surface area contributed by atoms with Crippen molar-refractivity contribution in [2.75, 3.05) is 107 Å². The van der Waals surface area contributed by atoms with Crippen LogP contribution in [0.25, 0.3) is 36.5 Å². The molecule has 2 amide bonds. The van der Waals surface area contributed by atoms with E-state index in [4.69, 9.17) is 65.6 Å². The first-order chi connectivity index (χ1) is 72.2. The summed E-state index contributed by atoms with van der Waals surface area (Å²) in [5.41, 5.74) is 29.9. The van der Waals surface area contributed by atoms with Crippen molar-refractivity contribution in [3.8, 4) is 6.07 Å². The first-order valence-electron chi connectivity index (χ1n) is 50.7. The third kappa shape index (κ3) is 23.2. The van der Waals surface area contributed by atoms with E-state index in [0.29, 0.717) is 53.5 Å². The van der Waals surface area contributed by atoms with Crippen LogP contribution in [0.4, 0.5) is 50.5 Å². The number of thioether (sulfide) groups is 2. The number of benzene rings is 9. The minimum absolute atomic E-state index is 0.107. The van der Waals surface area contributed by atoms with E-state index in [-0.39, 0.29) is 47.7 Å². The number of thiophene rings is 1. The number of anilines is 9. The van der Waals surface area contributed by atoms with Gasteiger partial charge in [-0.25, -0.2) is 24.4 Å². The van der Waals surface area contributed by atoms with Crippen molar-refractivity contribution in [2.24, 2.45) is 0 Å². The molecule has 2 saturated carbocycles. The Balaban J connectivity index is 0.000000115. The molecule has 1 aromatic heterocycles. The fourth-order valence-electron chi connectivity index (χ4n) is 23.3. The number of amides is 2. The van der Waals surface area contributed by atoms with Crippen LogP contribution in [0.15, 0.2) is 203 Å². The zero-order valence-corrected chi connectivity index (χ0v) is 88.5. The fraction of sp³-hybridized carbons (Fsp3) is 0.319. The van der Waals surface area contributed by atoms with Crippen molar-refractivity contribution in [3.63, 3.8) is 0 Å². The van der Waals surface area contributed by atoms with Crippen LogP contribution in [-0.4, -0.2) is 198 Å². The summed E-state index contributed by atoms with van der Waals surface area (Å²) in [6, 6.07) is 60.3. The summed E-state index contributed by atoms with van der Waals surface area (Å²) < 4.78 is 16.1. The Morgan fingerprint density at radius 3 is 1.55 bits per heavy atom. The van der Waals surface area contributed by atoms with Crippen molar-refractivity contribution < 1.29 is 88.4 Å². The Kier molecular flexibility index (Phi) is 32.8. The zero-order valence-electron chi connectivity index (χ0n) is 83.5. The summed E-state index contributed by atoms with van der Waals surface area (Å²) in [4.78, 5) is 120. The van der Waals surface area contributed by atoms with Gasteiger partial charge >= 0.3 is 43.4 Å². The number of aliphatic carboxylic acids is 4. The lowest BCUT2D eigenvalue weighted by Crippen LogP contribution is -2.38. The lowest BCUT2D eigenvalue weighted by molar-refractivity contribution is -0.143. The number of carboxylic acids is 6. The molecule has 14 aliphatic rings. The van der Waals surface area contributed by atoms with Gasteiger partial charge in [-0.2, -0.15) is 5.26 Å². The monoisotopic (exact) mass is 2130 g/mol. The molecular formula is C116H117N10O18PS5. The lowest BCUT2D eigenvalue weighted by atomic mass is 9.82. The molecule has 28 nitrogen and oxygen atoms in total. The van der Waals surface area contributed by atoms with Crippen molar-refractivity contribution >= 4 is 215 Å². The molecule has 774 valence electrons. The van der Waals surface area contributed by atoms with E-state index in [0.717, 1.165) is 164 Å². The summed E-state index contributed by atoms with van der Waals surface area (Å²) in [7, 11) is -0.0562. The topological polar surface area (TPSA) is 378 Å². The average molecular weight is 2130 g/mol. The van der Waals surface area contributed by atoms with Crippen LogP contribution < -0.4 is 39.6 Å². The van der Waals surface area contributed by atoms with Crippen LogP contribution in [0.3, 0.4) is 0 Å². The third-order valence-electron chi connectivity index (χ3n) is 30.3. The number of carbonyl (C=O) groups is 8. The number of rotatable bonds is 18. The Labute approximate surface area is 894 Å². The number of para-hydroxylation sites is 1. The van der Waals surface area contributed by atoms with Crippen molar-refractivity contribution in [1.82, 2.24) is 9.80 Å². The van der Waals surface area contributed by atoms with E-state index in [1.165, 1.54) is 189 Å². The minimum atomic E-state index is -4.14. The highest BCUT2D eigenvalue weighted by atomic mass is 32.2. The number of hydrogen-bond acceptors (Lipinski definition) is 24. The van der Waals surface area contributed by atoms with Gasteiger partial charge in [0.15, 0.2) is 0 Å². The molecule has 2 saturated heterocycles. The molecule has 2 aliphatic carbocycles. The molecule has 4 fully saturated rings. The maximum atomic E-state index is 12.6. The predicted molar refractivity (Wildman–Crippen MR) is 601 cm³/mol. The number of hydrogen-bond donors (Lipinski definition) is 8. The first kappa shape index (κ1) is 106. The second-order valence-corrected chi connectivity index (χ2v) is 45.7. The number of aromatic carboxylic acids is 2. The lowest BCUT2D eigenvalue weighted by Gasteiger charge is -2.37. The molecule has 13 heterocycles. The van der Waals surface area contributed by atoms with Gasteiger partial charge in [0.05, 0.1) is 31.2 Å². The van der Waals surface area contributed by atoms with Gasteiger partial charge in [-0.1, -0.05) is 129 Å². The van der Waals surface area contributed by atoms with E-state index in [1.807, 2.05) is 79.2 Å². The number of carbonyl (C=O) groups excluding carboxylic acids is 2. The highest BCUT2D eigenvalue weighted by Gasteiger charge is 2.46. The standard InChI is InChI=1S/C21H22N2O3S2.C21H18N2O2.C20H19NO2.C18H18N2O3S2.C14H16NO4PS.C12H13NO2.C10H11NO2/c24-18(25)11-23-20(26)17(28-21(23)27)10-12-8-13-4-3-7-22-16-6-2-1-5-14(16)15(9-12)19(13)22;22-13-15(21(24)25)11-14-9-10-20-18(12-14)17-7-4-8-19(17)23(20)16-5-2-1-3-6-16;22-20(23)16-7-5-14(6-8-16)3-4-15-12-17-2-1-10-21-11-9-18(13-15)19(17)21;21-15(22)10-20-17(23)14(25-18(20)24)9-11-7-12-3-1-5-19-6-2-4-13(8-11)16(12)19;1-9-10(2)15(14-4-3-7-21-14)13-6-5-11(8-12(9)13)20(17,18)19-16;1-13-7-6-10-8-9(2-4-11(10)13)3-5-12(14)15;1-11-5-4-7-6-8(10(12)13)2-3-9(7)11/h8-10,14,16H,1-7,11H2,(H,24,25);1-3,5-6,9-12,17,19H,4,7-8H2,(H,24,25);3-8,12-13H,1-2,9-11H2,(H,22,23);7-9H,1-6,10H2,(H,21,22);3-10,16H,1-2H3,(H,17,18);2-5,8H,6-7H2,1H3,(H,14,15);2-3,6H,4-5H2,1H3,(H,12,13)/b17-10-;15-11+;;14-9-;;;. The molecule has 12 aliphatic heterocycles. The van der Waals surface area contributed by atoms with Gasteiger partial charge in [-0.05, 0) is 355 Å². The van der Waals surface area contributed by atoms with Gasteiger partial charge in [0.1, 0.15) is 33.4 Å². The van der Waals surface area contributed by atoms with Gasteiger partial charge in [0.25, 0.3) is 11.8 Å². The van der Waals surface area contributed by atoms with Crippen LogP contribution in [0, 0.1) is 11.3 Å². The maximum absolute atomic E-state index is 12.6. The normalized spacial score (nSPS) is 20.7. The second kappa shape index (κ2) is 46.4. The summed E-state index contributed by atoms with van der Waals surface area (Å²) >= 11 is 14.4. The van der Waals surface area contributed by atoms with E-state index < -0.39 is 43.4 Å².